The third kappa shape index (κ3) is 2.78. The van der Waals surface area contributed by atoms with Crippen LogP contribution in [0.15, 0.2) is 33.9 Å². The first-order chi connectivity index (χ1) is 12.6. The van der Waals surface area contributed by atoms with Crippen LogP contribution < -0.4 is 11.0 Å². The topological polar surface area (TPSA) is 52.0 Å². The van der Waals surface area contributed by atoms with Crippen molar-refractivity contribution >= 4 is 31.6 Å². The van der Waals surface area contributed by atoms with E-state index in [4.69, 9.17) is 4.98 Å². The molecular weight excluding hydrogens is 344 g/mol. The molecule has 4 rings (SSSR count). The highest BCUT2D eigenvalue weighted by Crippen LogP contribution is 2.33. The summed E-state index contributed by atoms with van der Waals surface area (Å²) in [5.41, 5.74) is -0.337. The Balaban J connectivity index is 2.08. The van der Waals surface area contributed by atoms with Gasteiger partial charge in [-0.15, -0.1) is 11.3 Å². The van der Waals surface area contributed by atoms with Gasteiger partial charge in [0.25, 0.3) is 5.56 Å². The number of rotatable bonds is 3. The Labute approximate surface area is 156 Å². The minimum atomic E-state index is -0.181. The van der Waals surface area contributed by atoms with Crippen molar-refractivity contribution in [3.63, 3.8) is 0 Å². The number of fused-ring (bicyclic) bond motifs is 2. The highest BCUT2D eigenvalue weighted by molar-refractivity contribution is 7.24. The number of nitrogens with zero attached hydrogens (tertiary/aromatic N) is 2. The van der Waals surface area contributed by atoms with E-state index in [0.717, 1.165) is 29.8 Å². The molecule has 0 amide bonds. The molecule has 26 heavy (non-hydrogen) atoms. The van der Waals surface area contributed by atoms with E-state index in [0.29, 0.717) is 16.1 Å². The predicted molar refractivity (Wildman–Crippen MR) is 108 cm³/mol. The largest absolute Gasteiger partial charge is 0.293 e. The van der Waals surface area contributed by atoms with Crippen LogP contribution in [-0.4, -0.2) is 9.55 Å². The van der Waals surface area contributed by atoms with E-state index in [1.165, 1.54) is 30.6 Å². The van der Waals surface area contributed by atoms with Crippen molar-refractivity contribution in [3.05, 3.63) is 50.7 Å². The average molecular weight is 369 g/mol. The van der Waals surface area contributed by atoms with E-state index >= 15 is 0 Å². The molecule has 0 spiro atoms. The first kappa shape index (κ1) is 17.4. The number of hydrogen-bond acceptors (Lipinski definition) is 4. The molecule has 0 aliphatic heterocycles. The van der Waals surface area contributed by atoms with Gasteiger partial charge in [-0.1, -0.05) is 38.3 Å². The van der Waals surface area contributed by atoms with E-state index in [1.807, 2.05) is 22.8 Å². The van der Waals surface area contributed by atoms with Crippen LogP contribution >= 0.6 is 11.3 Å². The Bertz CT molecular complexity index is 1080. The second-order valence-corrected chi connectivity index (χ2v) is 8.38. The fraction of sp³-hybridized carbons (Fsp3) is 0.476. The molecule has 2 aromatic heterocycles. The molecular formula is C21H24N2O2S. The standard InChI is InChI=1S/C21H24N2O2S/c1-3-13(2)23-19(14-9-5-4-6-10-14)22-20-17(21(23)25)18(24)15-11-7-8-12-16(15)26-20/h7-8,11-14H,3-6,9-10H2,1-2H3/t13-/m1/s1. The molecule has 1 saturated carbocycles. The maximum atomic E-state index is 13.4. The smallest absolute Gasteiger partial charge is 0.266 e. The highest BCUT2D eigenvalue weighted by Gasteiger charge is 2.25. The molecule has 1 aromatic carbocycles. The summed E-state index contributed by atoms with van der Waals surface area (Å²) >= 11 is 1.46. The second kappa shape index (κ2) is 6.95. The summed E-state index contributed by atoms with van der Waals surface area (Å²) in [5, 5.41) is 0.874. The normalized spacial score (nSPS) is 17.0. The summed E-state index contributed by atoms with van der Waals surface area (Å²) in [6, 6.07) is 7.55. The first-order valence-electron chi connectivity index (χ1n) is 9.59. The van der Waals surface area contributed by atoms with Crippen molar-refractivity contribution in [1.29, 1.82) is 0 Å². The number of hydrogen-bond donors (Lipinski definition) is 0. The van der Waals surface area contributed by atoms with Gasteiger partial charge in [-0.2, -0.15) is 0 Å². The van der Waals surface area contributed by atoms with Crippen LogP contribution in [0.3, 0.4) is 0 Å². The Kier molecular flexibility index (Phi) is 4.65. The van der Waals surface area contributed by atoms with Gasteiger partial charge in [0.05, 0.1) is 0 Å². The molecule has 0 radical (unpaired) electrons. The molecule has 0 saturated heterocycles. The monoisotopic (exact) mass is 368 g/mol. The minimum absolute atomic E-state index is 0.0483. The van der Waals surface area contributed by atoms with Gasteiger partial charge >= 0.3 is 0 Å². The van der Waals surface area contributed by atoms with Crippen molar-refractivity contribution in [1.82, 2.24) is 9.55 Å². The molecule has 1 aliphatic rings. The molecule has 0 bridgehead atoms. The van der Waals surface area contributed by atoms with Crippen molar-refractivity contribution in [2.75, 3.05) is 0 Å². The maximum absolute atomic E-state index is 13.4. The minimum Gasteiger partial charge on any atom is -0.293 e. The Morgan fingerprint density at radius 2 is 1.92 bits per heavy atom. The Morgan fingerprint density at radius 1 is 1.19 bits per heavy atom. The lowest BCUT2D eigenvalue weighted by Crippen LogP contribution is -2.32. The van der Waals surface area contributed by atoms with Gasteiger partial charge in [0.1, 0.15) is 16.0 Å². The lowest BCUT2D eigenvalue weighted by molar-refractivity contribution is 0.389. The van der Waals surface area contributed by atoms with Gasteiger partial charge in [-0.3, -0.25) is 14.2 Å². The van der Waals surface area contributed by atoms with Crippen molar-refractivity contribution in [3.8, 4) is 0 Å². The quantitative estimate of drug-likeness (QED) is 0.612. The van der Waals surface area contributed by atoms with Gasteiger partial charge in [-0.25, -0.2) is 4.98 Å². The number of benzene rings is 1. The third-order valence-corrected chi connectivity index (χ3v) is 6.74. The van der Waals surface area contributed by atoms with E-state index in [2.05, 4.69) is 13.8 Å². The van der Waals surface area contributed by atoms with Crippen LogP contribution in [-0.2, 0) is 0 Å². The van der Waals surface area contributed by atoms with Gasteiger partial charge in [-0.05, 0) is 38.3 Å². The fourth-order valence-electron chi connectivity index (χ4n) is 4.04. The van der Waals surface area contributed by atoms with Gasteiger partial charge < -0.3 is 0 Å². The first-order valence-corrected chi connectivity index (χ1v) is 10.4. The Morgan fingerprint density at radius 3 is 2.65 bits per heavy atom. The molecule has 2 heterocycles. The average Bonchev–Trinajstić information content (AvgIpc) is 2.68. The van der Waals surface area contributed by atoms with Crippen LogP contribution in [0.25, 0.3) is 20.3 Å². The van der Waals surface area contributed by atoms with E-state index in [-0.39, 0.29) is 22.4 Å². The molecule has 1 aliphatic carbocycles. The highest BCUT2D eigenvalue weighted by atomic mass is 32.1. The SMILES string of the molecule is CC[C@@H](C)n1c(C2CCCCC2)nc2sc3ccccc3c(=O)c2c1=O. The molecule has 4 nitrogen and oxygen atoms in total. The second-order valence-electron chi connectivity index (χ2n) is 7.34. The summed E-state index contributed by atoms with van der Waals surface area (Å²) in [4.78, 5) is 31.9. The van der Waals surface area contributed by atoms with Gasteiger partial charge in [0, 0.05) is 22.0 Å². The number of aromatic nitrogens is 2. The molecule has 0 unspecified atom stereocenters. The Hall–Kier alpha value is -2.01. The molecule has 5 heteroatoms. The van der Waals surface area contributed by atoms with Crippen LogP contribution in [0.2, 0.25) is 0 Å². The van der Waals surface area contributed by atoms with Crippen LogP contribution in [0.4, 0.5) is 0 Å². The zero-order valence-electron chi connectivity index (χ0n) is 15.3. The zero-order chi connectivity index (χ0) is 18.3. The lowest BCUT2D eigenvalue weighted by Gasteiger charge is -2.26. The van der Waals surface area contributed by atoms with Crippen molar-refractivity contribution in [2.24, 2.45) is 0 Å². The maximum Gasteiger partial charge on any atom is 0.266 e. The zero-order valence-corrected chi connectivity index (χ0v) is 16.1. The van der Waals surface area contributed by atoms with Crippen molar-refractivity contribution in [2.45, 2.75) is 64.3 Å². The van der Waals surface area contributed by atoms with Crippen molar-refractivity contribution < 1.29 is 0 Å². The van der Waals surface area contributed by atoms with E-state index in [1.54, 1.807) is 6.07 Å². The molecule has 3 aromatic rings. The summed E-state index contributed by atoms with van der Waals surface area (Å²) in [6.45, 7) is 4.13. The van der Waals surface area contributed by atoms with Gasteiger partial charge in [0.15, 0.2) is 0 Å². The summed E-state index contributed by atoms with van der Waals surface area (Å²) in [6.07, 6.45) is 6.64. The van der Waals surface area contributed by atoms with E-state index in [9.17, 15) is 9.59 Å². The third-order valence-electron chi connectivity index (χ3n) is 5.68. The summed E-state index contributed by atoms with van der Waals surface area (Å²) in [7, 11) is 0. The van der Waals surface area contributed by atoms with E-state index < -0.39 is 0 Å². The lowest BCUT2D eigenvalue weighted by atomic mass is 9.88. The fourth-order valence-corrected chi connectivity index (χ4v) is 5.08. The molecule has 0 N–H and O–H groups in total. The summed E-state index contributed by atoms with van der Waals surface area (Å²) in [5.74, 6) is 1.21. The molecule has 1 atom stereocenters. The molecule has 136 valence electrons. The van der Waals surface area contributed by atoms with Crippen LogP contribution in [0.1, 0.15) is 70.2 Å². The molecule has 1 fully saturated rings. The van der Waals surface area contributed by atoms with Crippen LogP contribution in [0, 0.1) is 0 Å². The van der Waals surface area contributed by atoms with Crippen LogP contribution in [0.5, 0.6) is 0 Å². The van der Waals surface area contributed by atoms with Gasteiger partial charge in [0.2, 0.25) is 5.43 Å². The summed E-state index contributed by atoms with van der Waals surface area (Å²) < 4.78 is 2.72. The predicted octanol–water partition coefficient (Wildman–Crippen LogP) is 4.99.